The highest BCUT2D eigenvalue weighted by Gasteiger charge is 2.18. The second kappa shape index (κ2) is 5.92. The van der Waals surface area contributed by atoms with Crippen molar-refractivity contribution in [1.29, 1.82) is 0 Å². The second-order valence-corrected chi connectivity index (χ2v) is 4.26. The molecule has 1 amide bonds. The Morgan fingerprint density at radius 1 is 1.53 bits per heavy atom. The van der Waals surface area contributed by atoms with Crippen molar-refractivity contribution in [3.05, 3.63) is 28.2 Å². The fourth-order valence-electron chi connectivity index (χ4n) is 1.12. The summed E-state index contributed by atoms with van der Waals surface area (Å²) in [5.74, 6) is -0.602. The molecule has 0 radical (unpaired) electrons. The topological polar surface area (TPSA) is 75.4 Å². The minimum absolute atomic E-state index is 0.176. The van der Waals surface area contributed by atoms with Gasteiger partial charge in [0.1, 0.15) is 6.10 Å². The van der Waals surface area contributed by atoms with Gasteiger partial charge in [0.05, 0.1) is 5.56 Å². The van der Waals surface area contributed by atoms with Gasteiger partial charge >= 0.3 is 0 Å². The third kappa shape index (κ3) is 3.94. The second-order valence-electron chi connectivity index (χ2n) is 3.34. The van der Waals surface area contributed by atoms with E-state index in [-0.39, 0.29) is 11.3 Å². The molecule has 1 aromatic carbocycles. The highest BCUT2D eigenvalue weighted by atomic mass is 79.9. The number of anilines is 1. The van der Waals surface area contributed by atoms with E-state index < -0.39 is 25.0 Å². The quantitative estimate of drug-likeness (QED) is 0.736. The van der Waals surface area contributed by atoms with Gasteiger partial charge in [0.15, 0.2) is 0 Å². The molecule has 4 nitrogen and oxygen atoms in total. The summed E-state index contributed by atoms with van der Waals surface area (Å²) in [5, 5.41) is 11.0. The van der Waals surface area contributed by atoms with Gasteiger partial charge in [-0.2, -0.15) is 0 Å². The molecule has 17 heavy (non-hydrogen) atoms. The van der Waals surface area contributed by atoms with Crippen molar-refractivity contribution in [2.24, 2.45) is 0 Å². The molecule has 94 valence electrons. The number of carbonyl (C=O) groups excluding carboxylic acids is 1. The molecule has 0 heterocycles. The lowest BCUT2D eigenvalue weighted by atomic mass is 10.1. The monoisotopic (exact) mass is 308 g/mol. The largest absolute Gasteiger partial charge is 0.398 e. The van der Waals surface area contributed by atoms with Gasteiger partial charge in [-0.05, 0) is 18.2 Å². The molecule has 1 aromatic rings. The van der Waals surface area contributed by atoms with E-state index in [0.29, 0.717) is 4.47 Å². The number of aliphatic hydroxyl groups is 1. The van der Waals surface area contributed by atoms with Crippen LogP contribution in [0, 0.1) is 0 Å². The minimum atomic E-state index is -2.89. The van der Waals surface area contributed by atoms with E-state index in [2.05, 4.69) is 21.2 Å². The van der Waals surface area contributed by atoms with Crippen LogP contribution >= 0.6 is 15.9 Å². The first-order valence-corrected chi connectivity index (χ1v) is 5.50. The first kappa shape index (κ1) is 13.9. The van der Waals surface area contributed by atoms with Crippen LogP contribution in [0.2, 0.25) is 0 Å². The van der Waals surface area contributed by atoms with Crippen molar-refractivity contribution in [2.45, 2.75) is 12.5 Å². The molecular formula is C10H11BrF2N2O2. The van der Waals surface area contributed by atoms with Crippen LogP contribution in [0.4, 0.5) is 14.5 Å². The van der Waals surface area contributed by atoms with Gasteiger partial charge in [-0.25, -0.2) is 8.78 Å². The average molecular weight is 309 g/mol. The first-order chi connectivity index (χ1) is 7.91. The number of rotatable bonds is 4. The number of benzene rings is 1. The molecule has 1 atom stereocenters. The maximum atomic E-state index is 12.0. The molecule has 1 rings (SSSR count). The van der Waals surface area contributed by atoms with Crippen LogP contribution in [0.15, 0.2) is 22.7 Å². The number of nitrogens with one attached hydrogen (secondary N) is 1. The van der Waals surface area contributed by atoms with E-state index in [1.54, 1.807) is 6.07 Å². The molecule has 0 aliphatic carbocycles. The van der Waals surface area contributed by atoms with Crippen LogP contribution in [0.25, 0.3) is 0 Å². The molecule has 0 fully saturated rings. The Kier molecular flexibility index (Phi) is 4.83. The Labute approximate surface area is 105 Å². The highest BCUT2D eigenvalue weighted by Crippen LogP contribution is 2.18. The summed E-state index contributed by atoms with van der Waals surface area (Å²) in [6.45, 7) is -0.522. The molecule has 0 saturated heterocycles. The number of aliphatic hydroxyl groups excluding tert-OH is 1. The fraction of sp³-hybridized carbons (Fsp3) is 0.300. The number of hydrogen-bond donors (Lipinski definition) is 3. The van der Waals surface area contributed by atoms with Gasteiger partial charge in [-0.3, -0.25) is 4.79 Å². The van der Waals surface area contributed by atoms with Gasteiger partial charge < -0.3 is 16.2 Å². The summed E-state index contributed by atoms with van der Waals surface area (Å²) in [4.78, 5) is 11.5. The lowest BCUT2D eigenvalue weighted by Gasteiger charge is -2.11. The molecule has 0 saturated carbocycles. The van der Waals surface area contributed by atoms with Gasteiger partial charge in [0, 0.05) is 16.7 Å². The lowest BCUT2D eigenvalue weighted by molar-refractivity contribution is -0.00269. The molecule has 0 aromatic heterocycles. The maximum absolute atomic E-state index is 12.0. The Balaban J connectivity index is 2.64. The van der Waals surface area contributed by atoms with E-state index in [9.17, 15) is 13.6 Å². The number of halogens is 3. The van der Waals surface area contributed by atoms with Crippen LogP contribution in [-0.4, -0.2) is 30.1 Å². The van der Waals surface area contributed by atoms with Crippen LogP contribution in [0.3, 0.4) is 0 Å². The Morgan fingerprint density at radius 2 is 2.18 bits per heavy atom. The molecule has 7 heteroatoms. The third-order valence-corrected chi connectivity index (χ3v) is 2.51. The normalized spacial score (nSPS) is 12.5. The van der Waals surface area contributed by atoms with Crippen LogP contribution in [0.5, 0.6) is 0 Å². The fourth-order valence-corrected chi connectivity index (χ4v) is 1.50. The standard InChI is InChI=1S/C10H11BrF2N2O2/c11-5-1-2-6(7(14)3-5)10(17)15-4-8(16)9(12)13/h1-3,8-9,16H,4,14H2,(H,15,17). The molecule has 4 N–H and O–H groups in total. The number of nitrogens with two attached hydrogens (primary N) is 1. The zero-order valence-electron chi connectivity index (χ0n) is 8.66. The smallest absolute Gasteiger partial charge is 0.265 e. The SMILES string of the molecule is Nc1cc(Br)ccc1C(=O)NCC(O)C(F)F. The number of alkyl halides is 2. The Hall–Kier alpha value is -1.21. The van der Waals surface area contributed by atoms with E-state index in [1.165, 1.54) is 12.1 Å². The molecular weight excluding hydrogens is 298 g/mol. The molecule has 1 unspecified atom stereocenters. The van der Waals surface area contributed by atoms with E-state index >= 15 is 0 Å². The summed E-state index contributed by atoms with van der Waals surface area (Å²) < 4.78 is 24.7. The minimum Gasteiger partial charge on any atom is -0.398 e. The third-order valence-electron chi connectivity index (χ3n) is 2.02. The average Bonchev–Trinajstić information content (AvgIpc) is 2.25. The van der Waals surface area contributed by atoms with E-state index in [4.69, 9.17) is 10.8 Å². The predicted molar refractivity (Wildman–Crippen MR) is 62.9 cm³/mol. The number of nitrogen functional groups attached to an aromatic ring is 1. The van der Waals surface area contributed by atoms with Crippen molar-refractivity contribution in [2.75, 3.05) is 12.3 Å². The van der Waals surface area contributed by atoms with Crippen molar-refractivity contribution >= 4 is 27.5 Å². The molecule has 0 aliphatic heterocycles. The van der Waals surface area contributed by atoms with Crippen LogP contribution in [0.1, 0.15) is 10.4 Å². The molecule has 0 aliphatic rings. The zero-order valence-corrected chi connectivity index (χ0v) is 10.2. The van der Waals surface area contributed by atoms with Gasteiger partial charge in [0.25, 0.3) is 12.3 Å². The first-order valence-electron chi connectivity index (χ1n) is 4.71. The Morgan fingerprint density at radius 3 is 2.71 bits per heavy atom. The van der Waals surface area contributed by atoms with Crippen molar-refractivity contribution in [3.63, 3.8) is 0 Å². The zero-order chi connectivity index (χ0) is 13.0. The highest BCUT2D eigenvalue weighted by molar-refractivity contribution is 9.10. The van der Waals surface area contributed by atoms with E-state index in [0.717, 1.165) is 0 Å². The Bertz CT molecular complexity index is 415. The molecule has 0 spiro atoms. The summed E-state index contributed by atoms with van der Waals surface area (Å²) in [5.41, 5.74) is 5.99. The summed E-state index contributed by atoms with van der Waals surface area (Å²) in [7, 11) is 0. The van der Waals surface area contributed by atoms with E-state index in [1.807, 2.05) is 0 Å². The number of amides is 1. The van der Waals surface area contributed by atoms with Gasteiger partial charge in [0.2, 0.25) is 0 Å². The van der Waals surface area contributed by atoms with Gasteiger partial charge in [-0.15, -0.1) is 0 Å². The van der Waals surface area contributed by atoms with Crippen molar-refractivity contribution in [3.8, 4) is 0 Å². The van der Waals surface area contributed by atoms with Crippen LogP contribution in [-0.2, 0) is 0 Å². The summed E-state index contributed by atoms with van der Waals surface area (Å²) in [6.07, 6.45) is -4.77. The van der Waals surface area contributed by atoms with Crippen molar-refractivity contribution < 1.29 is 18.7 Å². The van der Waals surface area contributed by atoms with Gasteiger partial charge in [-0.1, -0.05) is 15.9 Å². The predicted octanol–water partition coefficient (Wildman–Crippen LogP) is 1.39. The number of carbonyl (C=O) groups is 1. The lowest BCUT2D eigenvalue weighted by Crippen LogP contribution is -2.36. The van der Waals surface area contributed by atoms with Crippen molar-refractivity contribution in [1.82, 2.24) is 5.32 Å². The number of hydrogen-bond acceptors (Lipinski definition) is 3. The van der Waals surface area contributed by atoms with Crippen LogP contribution < -0.4 is 11.1 Å². The summed E-state index contributed by atoms with van der Waals surface area (Å²) >= 11 is 3.18. The maximum Gasteiger partial charge on any atom is 0.265 e. The molecule has 0 bridgehead atoms. The summed E-state index contributed by atoms with van der Waals surface area (Å²) in [6, 6.07) is 4.59.